The molecule has 0 saturated heterocycles. The van der Waals surface area contributed by atoms with Crippen molar-refractivity contribution >= 4 is 31.5 Å². The number of thiophene rings is 1. The van der Waals surface area contributed by atoms with E-state index in [0.29, 0.717) is 17.5 Å². The van der Waals surface area contributed by atoms with Crippen LogP contribution in [-0.2, 0) is 0 Å². The summed E-state index contributed by atoms with van der Waals surface area (Å²) < 4.78 is 2.45. The molecule has 0 saturated carbocycles. The van der Waals surface area contributed by atoms with Crippen molar-refractivity contribution in [2.24, 2.45) is 0 Å². The van der Waals surface area contributed by atoms with Gasteiger partial charge in [-0.15, -0.1) is 11.3 Å². The fraction of sp³-hybridized carbons (Fsp3) is 0. The maximum absolute atomic E-state index is 5.19. The molecule has 2 aromatic heterocycles. The molecule has 9 rings (SSSR count). The van der Waals surface area contributed by atoms with Gasteiger partial charge in [0.1, 0.15) is 0 Å². The summed E-state index contributed by atoms with van der Waals surface area (Å²) in [5, 5.41) is 2.40. The van der Waals surface area contributed by atoms with E-state index in [1.54, 1.807) is 0 Å². The maximum Gasteiger partial charge on any atom is 0.164 e. The van der Waals surface area contributed by atoms with Gasteiger partial charge in [-0.2, -0.15) is 0 Å². The Labute approximate surface area is 288 Å². The molecule has 0 atom stereocenters. The second kappa shape index (κ2) is 12.4. The lowest BCUT2D eigenvalue weighted by molar-refractivity contribution is 1.08. The zero-order valence-electron chi connectivity index (χ0n) is 26.5. The highest BCUT2D eigenvalue weighted by atomic mass is 32.1. The first kappa shape index (κ1) is 29.0. The van der Waals surface area contributed by atoms with E-state index in [1.807, 2.05) is 23.5 Å². The Bertz CT molecular complexity index is 2460. The van der Waals surface area contributed by atoms with Crippen LogP contribution in [0.15, 0.2) is 176 Å². The minimum Gasteiger partial charge on any atom is -0.208 e. The molecular formula is C45H29N3S. The fourth-order valence-electron chi connectivity index (χ4n) is 6.55. The molecule has 0 aliphatic rings. The number of benzene rings is 7. The maximum atomic E-state index is 5.19. The number of nitrogens with zero attached hydrogens (tertiary/aromatic N) is 3. The molecule has 0 fully saturated rings. The van der Waals surface area contributed by atoms with Gasteiger partial charge in [0.15, 0.2) is 17.5 Å². The lowest BCUT2D eigenvalue weighted by atomic mass is 9.97. The molecule has 0 spiro atoms. The molecule has 0 amide bonds. The van der Waals surface area contributed by atoms with Crippen LogP contribution in [0.25, 0.3) is 87.7 Å². The first-order chi connectivity index (χ1) is 24.3. The lowest BCUT2D eigenvalue weighted by Gasteiger charge is -2.11. The van der Waals surface area contributed by atoms with Gasteiger partial charge in [-0.05, 0) is 45.5 Å². The van der Waals surface area contributed by atoms with E-state index in [4.69, 9.17) is 15.0 Å². The number of hydrogen-bond donors (Lipinski definition) is 0. The SMILES string of the molecule is c1ccc(-c2ccc(-c3nc(-c4ccc(-c5ccccc5)cc4)nc(-c4cccc5sc6cccc(-c7ccccc7)c6c45)n3)cc2)cc1. The average Bonchev–Trinajstić information content (AvgIpc) is 3.58. The van der Waals surface area contributed by atoms with E-state index in [0.717, 1.165) is 27.8 Å². The normalized spacial score (nSPS) is 11.3. The lowest BCUT2D eigenvalue weighted by Crippen LogP contribution is -2.00. The largest absolute Gasteiger partial charge is 0.208 e. The highest BCUT2D eigenvalue weighted by Gasteiger charge is 2.19. The van der Waals surface area contributed by atoms with Crippen LogP contribution >= 0.6 is 11.3 Å². The van der Waals surface area contributed by atoms with Crippen molar-refractivity contribution in [2.75, 3.05) is 0 Å². The van der Waals surface area contributed by atoms with Gasteiger partial charge in [0.25, 0.3) is 0 Å². The molecular weight excluding hydrogens is 615 g/mol. The number of aromatic nitrogens is 3. The van der Waals surface area contributed by atoms with Crippen LogP contribution in [0, 0.1) is 0 Å². The van der Waals surface area contributed by atoms with Gasteiger partial charge < -0.3 is 0 Å². The quantitative estimate of drug-likeness (QED) is 0.181. The third-order valence-corrected chi connectivity index (χ3v) is 10.1. The second-order valence-corrected chi connectivity index (χ2v) is 13.1. The van der Waals surface area contributed by atoms with Crippen LogP contribution in [0.3, 0.4) is 0 Å². The van der Waals surface area contributed by atoms with Crippen LogP contribution < -0.4 is 0 Å². The van der Waals surface area contributed by atoms with Gasteiger partial charge in [0.05, 0.1) is 0 Å². The summed E-state index contributed by atoms with van der Waals surface area (Å²) in [4.78, 5) is 15.5. The molecule has 0 aliphatic carbocycles. The molecule has 4 heteroatoms. The predicted octanol–water partition coefficient (Wildman–Crippen LogP) is 12.2. The number of fused-ring (bicyclic) bond motifs is 3. The van der Waals surface area contributed by atoms with Crippen molar-refractivity contribution < 1.29 is 0 Å². The summed E-state index contributed by atoms with van der Waals surface area (Å²) in [5.74, 6) is 1.95. The van der Waals surface area contributed by atoms with Gasteiger partial charge in [0.2, 0.25) is 0 Å². The Balaban J connectivity index is 1.24. The molecule has 3 nitrogen and oxygen atoms in total. The summed E-state index contributed by atoms with van der Waals surface area (Å²) in [6.45, 7) is 0. The van der Waals surface area contributed by atoms with Crippen LogP contribution in [0.1, 0.15) is 0 Å². The van der Waals surface area contributed by atoms with Gasteiger partial charge in [-0.25, -0.2) is 15.0 Å². The van der Waals surface area contributed by atoms with Crippen molar-refractivity contribution in [1.29, 1.82) is 0 Å². The van der Waals surface area contributed by atoms with E-state index in [2.05, 4.69) is 164 Å². The Morgan fingerprint density at radius 2 is 0.633 bits per heavy atom. The minimum absolute atomic E-state index is 0.645. The average molecular weight is 644 g/mol. The van der Waals surface area contributed by atoms with Crippen LogP contribution in [-0.4, -0.2) is 15.0 Å². The van der Waals surface area contributed by atoms with Crippen molar-refractivity contribution in [3.63, 3.8) is 0 Å². The fourth-order valence-corrected chi connectivity index (χ4v) is 7.71. The highest BCUT2D eigenvalue weighted by Crippen LogP contribution is 2.44. The van der Waals surface area contributed by atoms with Gasteiger partial charge in [0, 0.05) is 36.9 Å². The second-order valence-electron chi connectivity index (χ2n) is 12.0. The molecule has 0 N–H and O–H groups in total. The Morgan fingerprint density at radius 1 is 0.265 bits per heavy atom. The van der Waals surface area contributed by atoms with Crippen molar-refractivity contribution in [3.05, 3.63) is 176 Å². The van der Waals surface area contributed by atoms with Gasteiger partial charge in [-0.3, -0.25) is 0 Å². The summed E-state index contributed by atoms with van der Waals surface area (Å²) in [6.07, 6.45) is 0. The Hall–Kier alpha value is -6.23. The summed E-state index contributed by atoms with van der Waals surface area (Å²) >= 11 is 1.81. The molecule has 0 bridgehead atoms. The standard InChI is InChI=1S/C45H29N3S/c1-4-12-30(13-5-1)32-22-26-35(27-23-32)43-46-44(36-28-24-33(25-29-36)31-14-6-2-7-15-31)48-45(47-43)38-19-11-21-40-42(38)41-37(18-10-20-39(41)49-40)34-16-8-3-9-17-34/h1-29H. The summed E-state index contributed by atoms with van der Waals surface area (Å²) in [5.41, 5.74) is 9.94. The monoisotopic (exact) mass is 643 g/mol. The van der Waals surface area contributed by atoms with Crippen molar-refractivity contribution in [3.8, 4) is 67.5 Å². The molecule has 7 aromatic carbocycles. The van der Waals surface area contributed by atoms with Crippen LogP contribution in [0.4, 0.5) is 0 Å². The van der Waals surface area contributed by atoms with E-state index in [1.165, 1.54) is 42.4 Å². The molecule has 49 heavy (non-hydrogen) atoms. The number of rotatable bonds is 6. The molecule has 230 valence electrons. The molecule has 2 heterocycles. The number of hydrogen-bond acceptors (Lipinski definition) is 4. The van der Waals surface area contributed by atoms with Crippen molar-refractivity contribution in [1.82, 2.24) is 15.0 Å². The third kappa shape index (κ3) is 5.48. The van der Waals surface area contributed by atoms with E-state index in [-0.39, 0.29) is 0 Å². The summed E-state index contributed by atoms with van der Waals surface area (Å²) in [6, 6.07) is 61.5. The smallest absolute Gasteiger partial charge is 0.164 e. The van der Waals surface area contributed by atoms with Gasteiger partial charge in [-0.1, -0.05) is 164 Å². The van der Waals surface area contributed by atoms with Crippen molar-refractivity contribution in [2.45, 2.75) is 0 Å². The molecule has 9 aromatic rings. The molecule has 0 radical (unpaired) electrons. The zero-order chi connectivity index (χ0) is 32.6. The molecule has 0 unspecified atom stereocenters. The summed E-state index contributed by atoms with van der Waals surface area (Å²) in [7, 11) is 0. The Morgan fingerprint density at radius 3 is 1.12 bits per heavy atom. The topological polar surface area (TPSA) is 38.7 Å². The molecule has 0 aliphatic heterocycles. The van der Waals surface area contributed by atoms with Gasteiger partial charge >= 0.3 is 0 Å². The Kier molecular flexibility index (Phi) is 7.34. The first-order valence-corrected chi connectivity index (χ1v) is 17.2. The van der Waals surface area contributed by atoms with E-state index in [9.17, 15) is 0 Å². The van der Waals surface area contributed by atoms with Crippen LogP contribution in [0.5, 0.6) is 0 Å². The highest BCUT2D eigenvalue weighted by molar-refractivity contribution is 7.26. The zero-order valence-corrected chi connectivity index (χ0v) is 27.3. The third-order valence-electron chi connectivity index (χ3n) is 8.98. The van der Waals surface area contributed by atoms with E-state index < -0.39 is 0 Å². The predicted molar refractivity (Wildman–Crippen MR) is 205 cm³/mol. The van der Waals surface area contributed by atoms with Crippen LogP contribution in [0.2, 0.25) is 0 Å². The van der Waals surface area contributed by atoms with E-state index >= 15 is 0 Å². The first-order valence-electron chi connectivity index (χ1n) is 16.4. The minimum atomic E-state index is 0.645.